The molecule has 0 saturated carbocycles. The largest absolute Gasteiger partial charge is 0.366 e. The smallest absolute Gasteiger partial charge is 0.0811 e. The van der Waals surface area contributed by atoms with Crippen LogP contribution in [-0.4, -0.2) is 26.1 Å². The second-order valence-corrected chi connectivity index (χ2v) is 13.3. The first-order valence-corrected chi connectivity index (χ1v) is 14.0. The number of allylic oxidation sites excluding steroid dienone is 3. The van der Waals surface area contributed by atoms with Gasteiger partial charge in [0.25, 0.3) is 0 Å². The third kappa shape index (κ3) is 5.73. The molecular formula is C27H35NSi. The third-order valence-corrected chi connectivity index (χ3v) is 7.19. The van der Waals surface area contributed by atoms with Gasteiger partial charge in [0.05, 0.1) is 13.8 Å². The van der Waals surface area contributed by atoms with Crippen LogP contribution in [0.2, 0.25) is 19.6 Å². The molecule has 0 bridgehead atoms. The van der Waals surface area contributed by atoms with Crippen molar-refractivity contribution in [2.75, 3.05) is 13.1 Å². The SMILES string of the molecule is C=C=C(/C(=C/C(C)=C(c1ccccc1)c1ccccc1)[Si](C)(C)C)N(CC)CC. The summed E-state index contributed by atoms with van der Waals surface area (Å²) in [5, 5.41) is 1.40. The third-order valence-electron chi connectivity index (χ3n) is 5.19. The number of benzene rings is 2. The summed E-state index contributed by atoms with van der Waals surface area (Å²) < 4.78 is 0. The fraction of sp³-hybridized carbons (Fsp3) is 0.296. The van der Waals surface area contributed by atoms with Crippen LogP contribution in [-0.2, 0) is 0 Å². The van der Waals surface area contributed by atoms with E-state index >= 15 is 0 Å². The van der Waals surface area contributed by atoms with Crippen molar-refractivity contribution in [3.8, 4) is 0 Å². The summed E-state index contributed by atoms with van der Waals surface area (Å²) in [6.45, 7) is 19.8. The molecule has 0 fully saturated rings. The van der Waals surface area contributed by atoms with E-state index in [0.29, 0.717) is 0 Å². The van der Waals surface area contributed by atoms with Gasteiger partial charge in [-0.2, -0.15) is 0 Å². The van der Waals surface area contributed by atoms with Crippen molar-refractivity contribution in [2.24, 2.45) is 0 Å². The number of hydrogen-bond acceptors (Lipinski definition) is 1. The Balaban J connectivity index is 2.77. The standard InChI is InChI=1S/C27H35NSi/c1-8-25(28(9-2)10-3)26(29(5,6)7)21-22(4)27(23-17-13-11-14-18-23)24-19-15-12-16-20-24/h11-21H,1,9-10H2,2-7H3/b26-21-. The van der Waals surface area contributed by atoms with Gasteiger partial charge in [-0.3, -0.25) is 0 Å². The van der Waals surface area contributed by atoms with Gasteiger partial charge in [0.2, 0.25) is 0 Å². The van der Waals surface area contributed by atoms with Crippen molar-refractivity contribution >= 4 is 13.6 Å². The van der Waals surface area contributed by atoms with E-state index in [4.69, 9.17) is 0 Å². The fourth-order valence-corrected chi connectivity index (χ4v) is 5.28. The highest BCUT2D eigenvalue weighted by Gasteiger charge is 2.25. The minimum Gasteiger partial charge on any atom is -0.366 e. The number of rotatable bonds is 8. The highest BCUT2D eigenvalue weighted by Crippen LogP contribution is 2.31. The zero-order valence-electron chi connectivity index (χ0n) is 18.9. The van der Waals surface area contributed by atoms with Gasteiger partial charge < -0.3 is 4.90 Å². The molecule has 2 aromatic rings. The quantitative estimate of drug-likeness (QED) is 0.254. The molecule has 0 aromatic heterocycles. The zero-order valence-corrected chi connectivity index (χ0v) is 19.9. The Labute approximate surface area is 178 Å². The van der Waals surface area contributed by atoms with Gasteiger partial charge in [-0.1, -0.05) is 93.0 Å². The Morgan fingerprint density at radius 3 is 1.69 bits per heavy atom. The Morgan fingerprint density at radius 1 is 0.897 bits per heavy atom. The molecule has 0 N–H and O–H groups in total. The summed E-state index contributed by atoms with van der Waals surface area (Å²) >= 11 is 0. The normalized spacial score (nSPS) is 11.6. The maximum absolute atomic E-state index is 4.04. The summed E-state index contributed by atoms with van der Waals surface area (Å²) in [4.78, 5) is 2.37. The van der Waals surface area contributed by atoms with E-state index in [9.17, 15) is 0 Å². The topological polar surface area (TPSA) is 3.24 Å². The second kappa shape index (κ2) is 10.3. The Kier molecular flexibility index (Phi) is 8.07. The highest BCUT2D eigenvalue weighted by molar-refractivity contribution is 6.84. The van der Waals surface area contributed by atoms with E-state index in [1.165, 1.54) is 27.5 Å². The van der Waals surface area contributed by atoms with Crippen molar-refractivity contribution in [1.82, 2.24) is 4.90 Å². The van der Waals surface area contributed by atoms with Gasteiger partial charge in [0.1, 0.15) is 0 Å². The summed E-state index contributed by atoms with van der Waals surface area (Å²) in [7, 11) is -1.63. The fourth-order valence-electron chi connectivity index (χ4n) is 3.68. The Bertz CT molecular complexity index is 863. The molecule has 0 radical (unpaired) electrons. The summed E-state index contributed by atoms with van der Waals surface area (Å²) in [5.74, 6) is 0. The molecule has 29 heavy (non-hydrogen) atoms. The molecule has 0 aliphatic carbocycles. The van der Waals surface area contributed by atoms with Gasteiger partial charge >= 0.3 is 0 Å². The molecule has 2 heteroatoms. The molecule has 0 unspecified atom stereocenters. The van der Waals surface area contributed by atoms with E-state index in [-0.39, 0.29) is 0 Å². The Hall–Kier alpha value is -2.54. The molecule has 1 nitrogen and oxygen atoms in total. The average Bonchev–Trinajstić information content (AvgIpc) is 2.71. The number of hydrogen-bond donors (Lipinski definition) is 0. The monoisotopic (exact) mass is 401 g/mol. The van der Waals surface area contributed by atoms with Gasteiger partial charge in [0.15, 0.2) is 0 Å². The van der Waals surface area contributed by atoms with Crippen LogP contribution in [0.1, 0.15) is 31.9 Å². The van der Waals surface area contributed by atoms with Crippen LogP contribution in [0.25, 0.3) is 5.57 Å². The van der Waals surface area contributed by atoms with Gasteiger partial charge in [-0.25, -0.2) is 0 Å². The van der Waals surface area contributed by atoms with E-state index in [0.717, 1.165) is 18.8 Å². The van der Waals surface area contributed by atoms with Crippen molar-refractivity contribution in [3.63, 3.8) is 0 Å². The van der Waals surface area contributed by atoms with E-state index < -0.39 is 8.07 Å². The van der Waals surface area contributed by atoms with Crippen LogP contribution >= 0.6 is 0 Å². The van der Waals surface area contributed by atoms with Crippen molar-refractivity contribution in [3.05, 3.63) is 107 Å². The predicted octanol–water partition coefficient (Wildman–Crippen LogP) is 7.32. The molecule has 0 aliphatic rings. The molecular weight excluding hydrogens is 366 g/mol. The molecule has 0 saturated heterocycles. The lowest BCUT2D eigenvalue weighted by Crippen LogP contribution is -2.33. The Morgan fingerprint density at radius 2 is 1.34 bits per heavy atom. The van der Waals surface area contributed by atoms with Crippen LogP contribution in [0.5, 0.6) is 0 Å². The maximum Gasteiger partial charge on any atom is 0.0811 e. The summed E-state index contributed by atoms with van der Waals surface area (Å²) in [5.41, 5.74) is 9.48. The van der Waals surface area contributed by atoms with Crippen molar-refractivity contribution in [1.29, 1.82) is 0 Å². The minimum absolute atomic E-state index is 0.961. The zero-order chi connectivity index (χ0) is 21.4. The molecule has 0 aliphatic heterocycles. The molecule has 0 amide bonds. The second-order valence-electron chi connectivity index (χ2n) is 8.30. The van der Waals surface area contributed by atoms with Crippen LogP contribution in [0, 0.1) is 0 Å². The predicted molar refractivity (Wildman–Crippen MR) is 132 cm³/mol. The van der Waals surface area contributed by atoms with Crippen LogP contribution < -0.4 is 0 Å². The molecule has 2 aromatic carbocycles. The maximum atomic E-state index is 4.04. The van der Waals surface area contributed by atoms with Crippen molar-refractivity contribution in [2.45, 2.75) is 40.4 Å². The lowest BCUT2D eigenvalue weighted by molar-refractivity contribution is 0.393. The van der Waals surface area contributed by atoms with E-state index in [2.05, 4.69) is 124 Å². The summed E-state index contributed by atoms with van der Waals surface area (Å²) in [6, 6.07) is 21.4. The first-order valence-electron chi connectivity index (χ1n) is 10.5. The van der Waals surface area contributed by atoms with Gasteiger partial charge in [-0.05, 0) is 48.2 Å². The number of likely N-dealkylation sites (N-methyl/N-ethyl adjacent to an activating group) is 1. The lowest BCUT2D eigenvalue weighted by Gasteiger charge is -2.31. The average molecular weight is 402 g/mol. The van der Waals surface area contributed by atoms with Crippen molar-refractivity contribution < 1.29 is 0 Å². The highest BCUT2D eigenvalue weighted by atomic mass is 28.3. The molecule has 2 rings (SSSR count). The number of nitrogens with zero attached hydrogens (tertiary/aromatic N) is 1. The first kappa shape index (κ1) is 22.7. The lowest BCUT2D eigenvalue weighted by atomic mass is 9.93. The van der Waals surface area contributed by atoms with Gasteiger partial charge in [-0.15, -0.1) is 5.73 Å². The van der Waals surface area contributed by atoms with Crippen LogP contribution in [0.15, 0.2) is 95.5 Å². The van der Waals surface area contributed by atoms with E-state index in [1.807, 2.05) is 0 Å². The molecule has 152 valence electrons. The van der Waals surface area contributed by atoms with Gasteiger partial charge in [0, 0.05) is 13.1 Å². The summed E-state index contributed by atoms with van der Waals surface area (Å²) in [6.07, 6.45) is 2.40. The minimum atomic E-state index is -1.63. The first-order chi connectivity index (χ1) is 13.8. The molecule has 0 spiro atoms. The molecule has 0 atom stereocenters. The van der Waals surface area contributed by atoms with Crippen LogP contribution in [0.3, 0.4) is 0 Å². The molecule has 0 heterocycles. The van der Waals surface area contributed by atoms with E-state index in [1.54, 1.807) is 0 Å². The van der Waals surface area contributed by atoms with Crippen LogP contribution in [0.4, 0.5) is 0 Å².